The molecule has 0 atom stereocenters. The molecule has 5 heteroatoms. The zero-order valence-corrected chi connectivity index (χ0v) is 13.2. The van der Waals surface area contributed by atoms with Gasteiger partial charge in [-0.15, -0.1) is 0 Å². The second-order valence-electron chi connectivity index (χ2n) is 5.09. The largest absolute Gasteiger partial charge is 0.481 e. The summed E-state index contributed by atoms with van der Waals surface area (Å²) in [6.07, 6.45) is 3.50. The van der Waals surface area contributed by atoms with Gasteiger partial charge >= 0.3 is 0 Å². The average molecular weight is 320 g/mol. The van der Waals surface area contributed by atoms with E-state index in [1.54, 1.807) is 62.0 Å². The third-order valence-corrected chi connectivity index (χ3v) is 3.36. The van der Waals surface area contributed by atoms with Crippen LogP contribution in [-0.4, -0.2) is 22.9 Å². The van der Waals surface area contributed by atoms with E-state index in [-0.39, 0.29) is 12.2 Å². The second kappa shape index (κ2) is 7.37. The highest BCUT2D eigenvalue weighted by Crippen LogP contribution is 2.22. The normalized spacial score (nSPS) is 10.2. The summed E-state index contributed by atoms with van der Waals surface area (Å²) in [5.74, 6) is 1.67. The number of aromatic nitrogens is 2. The van der Waals surface area contributed by atoms with Gasteiger partial charge < -0.3 is 9.47 Å². The number of ketones is 1. The molecule has 3 aromatic rings. The first-order chi connectivity index (χ1) is 11.7. The smallest absolute Gasteiger partial charge is 0.213 e. The zero-order valence-electron chi connectivity index (χ0n) is 13.2. The first kappa shape index (κ1) is 15.7. The minimum absolute atomic E-state index is 0.0348. The molecule has 0 spiro atoms. The lowest BCUT2D eigenvalue weighted by molar-refractivity contribution is 0.0991. The lowest BCUT2D eigenvalue weighted by Gasteiger charge is -2.07. The van der Waals surface area contributed by atoms with Gasteiger partial charge in [0.1, 0.15) is 11.5 Å². The number of hydrogen-bond donors (Lipinski definition) is 0. The number of methoxy groups -OCH3 is 1. The predicted octanol–water partition coefficient (Wildman–Crippen LogP) is 3.70. The number of carbonyl (C=O) groups is 1. The third-order valence-electron chi connectivity index (χ3n) is 3.36. The van der Waals surface area contributed by atoms with Crippen molar-refractivity contribution in [2.45, 2.75) is 6.42 Å². The van der Waals surface area contributed by atoms with Crippen LogP contribution in [0, 0.1) is 0 Å². The highest BCUT2D eigenvalue weighted by molar-refractivity contribution is 5.97. The number of nitrogens with zero attached hydrogens (tertiary/aromatic N) is 2. The van der Waals surface area contributed by atoms with Gasteiger partial charge in [-0.05, 0) is 30.3 Å². The maximum atomic E-state index is 12.5. The van der Waals surface area contributed by atoms with Crippen molar-refractivity contribution in [3.63, 3.8) is 0 Å². The van der Waals surface area contributed by atoms with E-state index in [0.29, 0.717) is 28.6 Å². The van der Waals surface area contributed by atoms with Gasteiger partial charge in [-0.25, -0.2) is 4.98 Å². The van der Waals surface area contributed by atoms with Crippen LogP contribution >= 0.6 is 0 Å². The van der Waals surface area contributed by atoms with Crippen molar-refractivity contribution < 1.29 is 14.3 Å². The van der Waals surface area contributed by atoms with Gasteiger partial charge in [0, 0.05) is 17.8 Å². The SMILES string of the molecule is COc1cccc(CC(=O)c2cccc(Oc3cccnc3)c2)n1. The topological polar surface area (TPSA) is 61.3 Å². The monoisotopic (exact) mass is 320 g/mol. The Morgan fingerprint density at radius 1 is 1.04 bits per heavy atom. The van der Waals surface area contributed by atoms with E-state index >= 15 is 0 Å². The number of pyridine rings is 2. The van der Waals surface area contributed by atoms with Crippen molar-refractivity contribution in [2.75, 3.05) is 7.11 Å². The maximum Gasteiger partial charge on any atom is 0.213 e. The summed E-state index contributed by atoms with van der Waals surface area (Å²) in [5, 5.41) is 0. The standard InChI is InChI=1S/C19H16N2O3/c1-23-19-9-3-6-15(21-19)12-18(22)14-5-2-7-16(11-14)24-17-8-4-10-20-13-17/h2-11,13H,12H2,1H3. The Kier molecular flexibility index (Phi) is 4.81. The van der Waals surface area contributed by atoms with Gasteiger partial charge in [0.05, 0.1) is 25.4 Å². The van der Waals surface area contributed by atoms with Crippen LogP contribution in [0.25, 0.3) is 0 Å². The van der Waals surface area contributed by atoms with E-state index in [0.717, 1.165) is 0 Å². The van der Waals surface area contributed by atoms with E-state index in [9.17, 15) is 4.79 Å². The molecule has 0 aliphatic heterocycles. The molecule has 0 bridgehead atoms. The molecule has 5 nitrogen and oxygen atoms in total. The Morgan fingerprint density at radius 2 is 1.88 bits per heavy atom. The van der Waals surface area contributed by atoms with E-state index in [4.69, 9.17) is 9.47 Å². The number of benzene rings is 1. The molecule has 2 aromatic heterocycles. The van der Waals surface area contributed by atoms with E-state index in [2.05, 4.69) is 9.97 Å². The lowest BCUT2D eigenvalue weighted by atomic mass is 10.1. The van der Waals surface area contributed by atoms with Crippen LogP contribution in [-0.2, 0) is 6.42 Å². The molecule has 0 aliphatic carbocycles. The molecule has 0 fully saturated rings. The summed E-state index contributed by atoms with van der Waals surface area (Å²) >= 11 is 0. The van der Waals surface area contributed by atoms with Gasteiger partial charge in [0.2, 0.25) is 5.88 Å². The maximum absolute atomic E-state index is 12.5. The van der Waals surface area contributed by atoms with E-state index in [1.165, 1.54) is 0 Å². The van der Waals surface area contributed by atoms with Crippen LogP contribution in [0.1, 0.15) is 16.1 Å². The minimum Gasteiger partial charge on any atom is -0.481 e. The fraction of sp³-hybridized carbons (Fsp3) is 0.105. The average Bonchev–Trinajstić information content (AvgIpc) is 2.63. The number of hydrogen-bond acceptors (Lipinski definition) is 5. The summed E-state index contributed by atoms with van der Waals surface area (Å²) in [5.41, 5.74) is 1.24. The van der Waals surface area contributed by atoms with Crippen molar-refractivity contribution in [1.29, 1.82) is 0 Å². The Balaban J connectivity index is 1.74. The van der Waals surface area contributed by atoms with Crippen molar-refractivity contribution >= 4 is 5.78 Å². The number of Topliss-reactive ketones (excluding diaryl/α,β-unsaturated/α-hetero) is 1. The fourth-order valence-electron chi connectivity index (χ4n) is 2.21. The first-order valence-corrected chi connectivity index (χ1v) is 7.45. The lowest BCUT2D eigenvalue weighted by Crippen LogP contribution is -2.05. The van der Waals surface area contributed by atoms with Gasteiger partial charge in [-0.2, -0.15) is 0 Å². The van der Waals surface area contributed by atoms with Crippen LogP contribution in [0.15, 0.2) is 67.0 Å². The van der Waals surface area contributed by atoms with Gasteiger partial charge in [0.15, 0.2) is 5.78 Å². The van der Waals surface area contributed by atoms with Gasteiger partial charge in [-0.3, -0.25) is 9.78 Å². The van der Waals surface area contributed by atoms with Crippen LogP contribution in [0.4, 0.5) is 0 Å². The van der Waals surface area contributed by atoms with Crippen molar-refractivity contribution in [3.05, 3.63) is 78.2 Å². The molecule has 120 valence electrons. The Bertz CT molecular complexity index is 835. The number of rotatable bonds is 6. The van der Waals surface area contributed by atoms with E-state index < -0.39 is 0 Å². The molecular weight excluding hydrogens is 304 g/mol. The van der Waals surface area contributed by atoms with Gasteiger partial charge in [-0.1, -0.05) is 18.2 Å². The fourth-order valence-corrected chi connectivity index (χ4v) is 2.21. The van der Waals surface area contributed by atoms with Gasteiger partial charge in [0.25, 0.3) is 0 Å². The summed E-state index contributed by atoms with van der Waals surface area (Å²) in [4.78, 5) is 20.7. The molecule has 24 heavy (non-hydrogen) atoms. The molecule has 1 aromatic carbocycles. The highest BCUT2D eigenvalue weighted by atomic mass is 16.5. The summed E-state index contributed by atoms with van der Waals surface area (Å²) in [6, 6.07) is 16.0. The summed E-state index contributed by atoms with van der Waals surface area (Å²) in [7, 11) is 1.55. The first-order valence-electron chi connectivity index (χ1n) is 7.45. The predicted molar refractivity (Wildman–Crippen MR) is 89.6 cm³/mol. The van der Waals surface area contributed by atoms with Crippen molar-refractivity contribution in [1.82, 2.24) is 9.97 Å². The summed E-state index contributed by atoms with van der Waals surface area (Å²) in [6.45, 7) is 0. The minimum atomic E-state index is -0.0348. The molecule has 2 heterocycles. The molecule has 0 unspecified atom stereocenters. The van der Waals surface area contributed by atoms with Crippen LogP contribution in [0.3, 0.4) is 0 Å². The second-order valence-corrected chi connectivity index (χ2v) is 5.09. The molecule has 0 N–H and O–H groups in total. The molecule has 3 rings (SSSR count). The highest BCUT2D eigenvalue weighted by Gasteiger charge is 2.10. The van der Waals surface area contributed by atoms with Crippen LogP contribution in [0.5, 0.6) is 17.4 Å². The van der Waals surface area contributed by atoms with Crippen molar-refractivity contribution in [2.24, 2.45) is 0 Å². The third kappa shape index (κ3) is 3.95. The molecule has 0 amide bonds. The van der Waals surface area contributed by atoms with Crippen molar-refractivity contribution in [3.8, 4) is 17.4 Å². The molecule has 0 radical (unpaired) electrons. The molecule has 0 saturated heterocycles. The Hall–Kier alpha value is -3.21. The van der Waals surface area contributed by atoms with Crippen LogP contribution < -0.4 is 9.47 Å². The quantitative estimate of drug-likeness (QED) is 0.648. The number of ether oxygens (including phenoxy) is 2. The number of carbonyl (C=O) groups excluding carboxylic acids is 1. The molecular formula is C19H16N2O3. The zero-order chi connectivity index (χ0) is 16.8. The Labute approximate surface area is 139 Å². The molecule has 0 saturated carbocycles. The molecule has 0 aliphatic rings. The van der Waals surface area contributed by atoms with E-state index in [1.807, 2.05) is 12.1 Å². The van der Waals surface area contributed by atoms with Crippen LogP contribution in [0.2, 0.25) is 0 Å². The summed E-state index contributed by atoms with van der Waals surface area (Å²) < 4.78 is 10.8. The Morgan fingerprint density at radius 3 is 2.67 bits per heavy atom.